The number of non-ortho nitro benzene ring substituents is 1. The lowest BCUT2D eigenvalue weighted by Gasteiger charge is -2.11. The standard InChI is InChI=1S/C18H14IN7O2/c1-10-20-18(25-24-10)23-17-14-4-2-3-5-15(14)21-16(22-17)13-7-6-12(26(27)28)8-11(13)9-19/h2-8H,9H2,1H3,(H2,20,21,22,23,24,25). The van der Waals surface area contributed by atoms with E-state index in [2.05, 4.69) is 53.1 Å². The Morgan fingerprint density at radius 1 is 1.18 bits per heavy atom. The molecule has 0 atom stereocenters. The van der Waals surface area contributed by atoms with E-state index in [1.807, 2.05) is 31.2 Å². The third-order valence-corrected chi connectivity index (χ3v) is 4.94. The molecule has 0 saturated heterocycles. The lowest BCUT2D eigenvalue weighted by molar-refractivity contribution is -0.384. The van der Waals surface area contributed by atoms with E-state index in [0.29, 0.717) is 27.8 Å². The highest BCUT2D eigenvalue weighted by atomic mass is 127. The Morgan fingerprint density at radius 3 is 2.71 bits per heavy atom. The quantitative estimate of drug-likeness (QED) is 0.186. The zero-order chi connectivity index (χ0) is 19.7. The number of aryl methyl sites for hydroxylation is 1. The number of H-pyrrole nitrogens is 1. The first kappa shape index (κ1) is 18.2. The van der Waals surface area contributed by atoms with Crippen LogP contribution < -0.4 is 5.32 Å². The smallest absolute Gasteiger partial charge is 0.269 e. The van der Waals surface area contributed by atoms with Crippen LogP contribution >= 0.6 is 22.6 Å². The second kappa shape index (κ2) is 7.46. The molecule has 0 amide bonds. The summed E-state index contributed by atoms with van der Waals surface area (Å²) in [5.74, 6) is 2.14. The van der Waals surface area contributed by atoms with Gasteiger partial charge in [-0.05, 0) is 30.7 Å². The molecule has 0 aliphatic rings. The van der Waals surface area contributed by atoms with Crippen molar-refractivity contribution < 1.29 is 4.92 Å². The van der Waals surface area contributed by atoms with Crippen LogP contribution in [0, 0.1) is 17.0 Å². The van der Waals surface area contributed by atoms with Gasteiger partial charge in [-0.3, -0.25) is 15.2 Å². The topological polar surface area (TPSA) is 123 Å². The van der Waals surface area contributed by atoms with Crippen LogP contribution in [-0.2, 0) is 4.43 Å². The molecule has 4 rings (SSSR count). The molecule has 0 spiro atoms. The fourth-order valence-electron chi connectivity index (χ4n) is 2.82. The number of rotatable bonds is 5. The number of para-hydroxylation sites is 1. The summed E-state index contributed by atoms with van der Waals surface area (Å²) in [6, 6.07) is 12.3. The van der Waals surface area contributed by atoms with Crippen molar-refractivity contribution in [3.05, 3.63) is 64.0 Å². The monoisotopic (exact) mass is 487 g/mol. The Hall–Kier alpha value is -3.15. The maximum absolute atomic E-state index is 11.1. The minimum atomic E-state index is -0.403. The maximum Gasteiger partial charge on any atom is 0.269 e. The van der Waals surface area contributed by atoms with Crippen LogP contribution in [0.2, 0.25) is 0 Å². The highest BCUT2D eigenvalue weighted by Crippen LogP contribution is 2.31. The molecule has 10 heteroatoms. The zero-order valence-corrected chi connectivity index (χ0v) is 16.8. The zero-order valence-electron chi connectivity index (χ0n) is 14.7. The summed E-state index contributed by atoms with van der Waals surface area (Å²) in [7, 11) is 0. The highest BCUT2D eigenvalue weighted by Gasteiger charge is 2.16. The number of nitro groups is 1. The number of nitrogens with one attached hydrogen (secondary N) is 2. The number of aromatic amines is 1. The number of nitro benzene ring substituents is 1. The summed E-state index contributed by atoms with van der Waals surface area (Å²) in [6.07, 6.45) is 0. The van der Waals surface area contributed by atoms with Crippen LogP contribution in [0.1, 0.15) is 11.4 Å². The SMILES string of the molecule is Cc1nc(Nc2nc(-c3ccc([N+](=O)[O-])cc3CI)nc3ccccc23)n[nH]1. The van der Waals surface area contributed by atoms with Gasteiger partial charge < -0.3 is 5.32 Å². The highest BCUT2D eigenvalue weighted by molar-refractivity contribution is 14.1. The van der Waals surface area contributed by atoms with Gasteiger partial charge >= 0.3 is 0 Å². The molecule has 0 bridgehead atoms. The molecule has 9 nitrogen and oxygen atoms in total. The largest absolute Gasteiger partial charge is 0.307 e. The fraction of sp³-hybridized carbons (Fsp3) is 0.111. The van der Waals surface area contributed by atoms with E-state index in [-0.39, 0.29) is 5.69 Å². The number of hydrogen-bond donors (Lipinski definition) is 2. The number of alkyl halides is 1. The number of aromatic nitrogens is 5. The number of fused-ring (bicyclic) bond motifs is 1. The molecule has 0 aliphatic heterocycles. The maximum atomic E-state index is 11.1. The number of halogens is 1. The lowest BCUT2D eigenvalue weighted by Crippen LogP contribution is -2.02. The van der Waals surface area contributed by atoms with Crippen molar-refractivity contribution in [1.82, 2.24) is 25.1 Å². The molecule has 28 heavy (non-hydrogen) atoms. The van der Waals surface area contributed by atoms with Gasteiger partial charge in [0.05, 0.1) is 10.4 Å². The molecule has 140 valence electrons. The minimum Gasteiger partial charge on any atom is -0.307 e. The summed E-state index contributed by atoms with van der Waals surface area (Å²) >= 11 is 2.18. The van der Waals surface area contributed by atoms with Gasteiger partial charge in [0.25, 0.3) is 5.69 Å². The van der Waals surface area contributed by atoms with Gasteiger partial charge in [-0.2, -0.15) is 4.98 Å². The van der Waals surface area contributed by atoms with E-state index in [9.17, 15) is 10.1 Å². The van der Waals surface area contributed by atoms with Gasteiger partial charge in [-0.15, -0.1) is 5.10 Å². The molecule has 2 aromatic carbocycles. The van der Waals surface area contributed by atoms with E-state index >= 15 is 0 Å². The molecule has 0 aliphatic carbocycles. The predicted octanol–water partition coefficient (Wildman–Crippen LogP) is 4.31. The van der Waals surface area contributed by atoms with Crippen LogP contribution in [0.3, 0.4) is 0 Å². The third kappa shape index (κ3) is 3.50. The summed E-state index contributed by atoms with van der Waals surface area (Å²) in [5.41, 5.74) is 2.34. The van der Waals surface area contributed by atoms with E-state index in [1.165, 1.54) is 6.07 Å². The summed E-state index contributed by atoms with van der Waals surface area (Å²) in [4.78, 5) is 24.3. The molecule has 0 fully saturated rings. The van der Waals surface area contributed by atoms with Crippen LogP contribution in [-0.4, -0.2) is 30.1 Å². The lowest BCUT2D eigenvalue weighted by atomic mass is 10.1. The average molecular weight is 487 g/mol. The van der Waals surface area contributed by atoms with Crippen LogP contribution in [0.4, 0.5) is 17.5 Å². The van der Waals surface area contributed by atoms with Gasteiger partial charge in [0.2, 0.25) is 5.95 Å². The number of nitrogens with zero attached hydrogens (tertiary/aromatic N) is 5. The molecule has 4 aromatic rings. The molecule has 2 heterocycles. The Morgan fingerprint density at radius 2 is 2.00 bits per heavy atom. The molecule has 0 radical (unpaired) electrons. The first-order chi connectivity index (χ1) is 13.5. The fourth-order valence-corrected chi connectivity index (χ4v) is 3.45. The number of hydrogen-bond acceptors (Lipinski definition) is 7. The van der Waals surface area contributed by atoms with Crippen molar-refractivity contribution in [2.75, 3.05) is 5.32 Å². The van der Waals surface area contributed by atoms with Crippen LogP contribution in [0.25, 0.3) is 22.3 Å². The predicted molar refractivity (Wildman–Crippen MR) is 114 cm³/mol. The normalized spacial score (nSPS) is 10.9. The number of benzene rings is 2. The average Bonchev–Trinajstić information content (AvgIpc) is 3.12. The molecule has 2 N–H and O–H groups in total. The van der Waals surface area contributed by atoms with Gasteiger partial charge in [-0.1, -0.05) is 34.7 Å². The third-order valence-electron chi connectivity index (χ3n) is 4.12. The van der Waals surface area contributed by atoms with E-state index in [0.717, 1.165) is 22.0 Å². The van der Waals surface area contributed by atoms with Crippen LogP contribution in [0.5, 0.6) is 0 Å². The first-order valence-corrected chi connectivity index (χ1v) is 9.84. The van der Waals surface area contributed by atoms with Crippen molar-refractivity contribution in [2.45, 2.75) is 11.4 Å². The van der Waals surface area contributed by atoms with Crippen molar-refractivity contribution in [2.24, 2.45) is 0 Å². The van der Waals surface area contributed by atoms with Crippen molar-refractivity contribution in [1.29, 1.82) is 0 Å². The second-order valence-electron chi connectivity index (χ2n) is 6.01. The Balaban J connectivity index is 1.87. The van der Waals surface area contributed by atoms with Gasteiger partial charge in [0.1, 0.15) is 11.6 Å². The van der Waals surface area contributed by atoms with E-state index in [1.54, 1.807) is 12.1 Å². The number of anilines is 2. The van der Waals surface area contributed by atoms with Crippen molar-refractivity contribution in [3.63, 3.8) is 0 Å². The van der Waals surface area contributed by atoms with Crippen molar-refractivity contribution in [3.8, 4) is 11.4 Å². The van der Waals surface area contributed by atoms with E-state index < -0.39 is 4.92 Å². The molecule has 0 unspecified atom stereocenters. The van der Waals surface area contributed by atoms with Crippen LogP contribution in [0.15, 0.2) is 42.5 Å². The molecular weight excluding hydrogens is 473 g/mol. The first-order valence-electron chi connectivity index (χ1n) is 8.31. The van der Waals surface area contributed by atoms with Gasteiger partial charge in [0, 0.05) is 27.5 Å². The minimum absolute atomic E-state index is 0.0470. The molecule has 0 saturated carbocycles. The Bertz CT molecular complexity index is 1190. The molecule has 2 aromatic heterocycles. The Kier molecular flexibility index (Phi) is 4.86. The summed E-state index contributed by atoms with van der Waals surface area (Å²) in [6.45, 7) is 1.81. The van der Waals surface area contributed by atoms with Gasteiger partial charge in [-0.25, -0.2) is 9.97 Å². The Labute approximate surface area is 172 Å². The van der Waals surface area contributed by atoms with E-state index in [4.69, 9.17) is 0 Å². The van der Waals surface area contributed by atoms with Gasteiger partial charge in [0.15, 0.2) is 5.82 Å². The summed E-state index contributed by atoms with van der Waals surface area (Å²) < 4.78 is 0.591. The summed E-state index contributed by atoms with van der Waals surface area (Å²) in [5, 5.41) is 21.9. The van der Waals surface area contributed by atoms with Crippen molar-refractivity contribution >= 4 is 50.9 Å². The molecular formula is C18H14IN7O2. The second-order valence-corrected chi connectivity index (χ2v) is 6.78.